The van der Waals surface area contributed by atoms with Gasteiger partial charge in [-0.15, -0.1) is 0 Å². The lowest BCUT2D eigenvalue weighted by Gasteiger charge is -2.22. The maximum Gasteiger partial charge on any atom is 0.417 e. The van der Waals surface area contributed by atoms with Crippen molar-refractivity contribution in [2.45, 2.75) is 65.5 Å². The zero-order chi connectivity index (χ0) is 37.6. The van der Waals surface area contributed by atoms with Gasteiger partial charge in [0, 0.05) is 21.5 Å². The lowest BCUT2D eigenvalue weighted by atomic mass is 9.86. The molecular formula is C47H40F3N3. The molecule has 0 aliphatic rings. The van der Waals surface area contributed by atoms with E-state index >= 15 is 0 Å². The summed E-state index contributed by atoms with van der Waals surface area (Å²) in [5.41, 5.74) is 7.25. The zero-order valence-corrected chi connectivity index (χ0v) is 30.9. The quantitative estimate of drug-likeness (QED) is 0.180. The Bertz CT molecular complexity index is 2660. The summed E-state index contributed by atoms with van der Waals surface area (Å²) in [5.74, 6) is 0. The normalized spacial score (nSPS) is 12.7. The molecule has 2 heterocycles. The molecule has 6 aromatic carbocycles. The molecule has 3 nitrogen and oxygen atoms in total. The fourth-order valence-electron chi connectivity index (χ4n) is 7.91. The maximum atomic E-state index is 14.8. The summed E-state index contributed by atoms with van der Waals surface area (Å²) in [7, 11) is 0. The van der Waals surface area contributed by atoms with Gasteiger partial charge >= 0.3 is 6.18 Å². The predicted molar refractivity (Wildman–Crippen MR) is 212 cm³/mol. The van der Waals surface area contributed by atoms with Crippen molar-refractivity contribution in [2.75, 3.05) is 0 Å². The fraction of sp³-hybridized carbons (Fsp3) is 0.213. The number of aryl methyl sites for hydroxylation is 1. The Hall–Kier alpha value is -5.80. The van der Waals surface area contributed by atoms with Crippen LogP contribution in [0.2, 0.25) is 0 Å². The standard InChI is InChI=1S/C47H40F3N3/c1-28-13-12-16-37(47(48,49)50)44(28)29-23-42(52-38-17-10-8-14-32(38)34-25-30(45(2,3)4)19-21-40(34)52)36(27-51)43(24-29)53-39-18-11-9-15-33(39)35-26-31(46(5,6)7)20-22-41(35)53/h8-26H,1-7H3. The van der Waals surface area contributed by atoms with Gasteiger partial charge in [-0.2, -0.15) is 18.4 Å². The number of nitriles is 1. The predicted octanol–water partition coefficient (Wildman–Crippen LogP) is 13.3. The number of aromatic nitrogens is 2. The van der Waals surface area contributed by atoms with Crippen molar-refractivity contribution in [1.82, 2.24) is 9.13 Å². The topological polar surface area (TPSA) is 33.6 Å². The highest BCUT2D eigenvalue weighted by molar-refractivity contribution is 6.11. The highest BCUT2D eigenvalue weighted by Gasteiger charge is 2.35. The van der Waals surface area contributed by atoms with Crippen LogP contribution in [0.4, 0.5) is 13.2 Å². The number of halogens is 3. The minimum Gasteiger partial charge on any atom is -0.308 e. The first-order chi connectivity index (χ1) is 25.1. The summed E-state index contributed by atoms with van der Waals surface area (Å²) >= 11 is 0. The summed E-state index contributed by atoms with van der Waals surface area (Å²) in [4.78, 5) is 0. The van der Waals surface area contributed by atoms with Crippen molar-refractivity contribution in [2.24, 2.45) is 0 Å². The van der Waals surface area contributed by atoms with E-state index in [9.17, 15) is 18.4 Å². The van der Waals surface area contributed by atoms with Gasteiger partial charge in [0.2, 0.25) is 0 Å². The summed E-state index contributed by atoms with van der Waals surface area (Å²) < 4.78 is 48.6. The average Bonchev–Trinajstić information content (AvgIpc) is 3.62. The largest absolute Gasteiger partial charge is 0.417 e. The number of hydrogen-bond donors (Lipinski definition) is 0. The number of alkyl halides is 3. The Morgan fingerprint density at radius 3 is 1.42 bits per heavy atom. The van der Waals surface area contributed by atoms with Crippen molar-refractivity contribution in [3.63, 3.8) is 0 Å². The van der Waals surface area contributed by atoms with E-state index in [0.717, 1.165) is 60.8 Å². The first-order valence-corrected chi connectivity index (χ1v) is 17.9. The molecule has 53 heavy (non-hydrogen) atoms. The Kier molecular flexibility index (Phi) is 7.68. The smallest absolute Gasteiger partial charge is 0.308 e. The third-order valence-corrected chi connectivity index (χ3v) is 10.6. The van der Waals surface area contributed by atoms with Crippen LogP contribution < -0.4 is 0 Å². The molecule has 0 saturated heterocycles. The van der Waals surface area contributed by atoms with E-state index in [1.165, 1.54) is 6.07 Å². The van der Waals surface area contributed by atoms with Crippen molar-refractivity contribution in [1.29, 1.82) is 5.26 Å². The molecule has 0 aliphatic heterocycles. The van der Waals surface area contributed by atoms with E-state index in [0.29, 0.717) is 28.1 Å². The Morgan fingerprint density at radius 2 is 0.981 bits per heavy atom. The van der Waals surface area contributed by atoms with Gasteiger partial charge in [-0.05, 0) is 100 Å². The van der Waals surface area contributed by atoms with E-state index in [1.54, 1.807) is 25.1 Å². The van der Waals surface area contributed by atoms with Crippen molar-refractivity contribution in [3.8, 4) is 28.6 Å². The zero-order valence-electron chi connectivity index (χ0n) is 30.9. The molecule has 2 aromatic heterocycles. The maximum absolute atomic E-state index is 14.8. The lowest BCUT2D eigenvalue weighted by Crippen LogP contribution is -2.11. The van der Waals surface area contributed by atoms with Gasteiger partial charge in [0.25, 0.3) is 0 Å². The van der Waals surface area contributed by atoms with Crippen LogP contribution in [0.25, 0.3) is 66.1 Å². The number of rotatable bonds is 3. The van der Waals surface area contributed by atoms with Crippen LogP contribution in [0, 0.1) is 18.3 Å². The number of nitrogens with zero attached hydrogens (tertiary/aromatic N) is 3. The van der Waals surface area contributed by atoms with E-state index in [4.69, 9.17) is 0 Å². The van der Waals surface area contributed by atoms with Crippen molar-refractivity contribution < 1.29 is 13.2 Å². The highest BCUT2D eigenvalue weighted by Crippen LogP contribution is 2.45. The highest BCUT2D eigenvalue weighted by atomic mass is 19.4. The minimum atomic E-state index is -4.60. The van der Waals surface area contributed by atoms with Gasteiger partial charge in [0.05, 0.1) is 39.0 Å². The van der Waals surface area contributed by atoms with E-state index in [2.05, 4.69) is 105 Å². The van der Waals surface area contributed by atoms with Crippen LogP contribution in [0.3, 0.4) is 0 Å². The first-order valence-electron chi connectivity index (χ1n) is 17.9. The third kappa shape index (κ3) is 5.49. The van der Waals surface area contributed by atoms with Crippen LogP contribution >= 0.6 is 0 Å². The Balaban J connectivity index is 1.57. The molecule has 0 spiro atoms. The van der Waals surface area contributed by atoms with Crippen LogP contribution in [0.15, 0.2) is 115 Å². The molecule has 0 unspecified atom stereocenters. The van der Waals surface area contributed by atoms with Gasteiger partial charge in [-0.3, -0.25) is 0 Å². The second-order valence-electron chi connectivity index (χ2n) is 16.2. The summed E-state index contributed by atoms with van der Waals surface area (Å²) in [5, 5.41) is 15.3. The molecule has 0 bridgehead atoms. The molecule has 0 saturated carbocycles. The Labute approximate surface area is 307 Å². The van der Waals surface area contributed by atoms with E-state index < -0.39 is 11.7 Å². The molecule has 0 amide bonds. The summed E-state index contributed by atoms with van der Waals surface area (Å²) in [6.45, 7) is 14.8. The monoisotopic (exact) mass is 703 g/mol. The van der Waals surface area contributed by atoms with Crippen molar-refractivity contribution in [3.05, 3.63) is 143 Å². The molecule has 0 atom stereocenters. The average molecular weight is 704 g/mol. The number of para-hydroxylation sites is 2. The minimum absolute atomic E-state index is 0.0959. The molecule has 0 fully saturated rings. The van der Waals surface area contributed by atoms with Crippen LogP contribution in [0.5, 0.6) is 0 Å². The molecule has 0 N–H and O–H groups in total. The molecule has 0 radical (unpaired) electrons. The molecule has 264 valence electrons. The number of hydrogen-bond acceptors (Lipinski definition) is 1. The first kappa shape index (κ1) is 34.3. The van der Waals surface area contributed by atoms with Crippen LogP contribution in [-0.2, 0) is 17.0 Å². The molecule has 8 aromatic rings. The van der Waals surface area contributed by atoms with Crippen LogP contribution in [-0.4, -0.2) is 9.13 Å². The Morgan fingerprint density at radius 1 is 0.528 bits per heavy atom. The molecule has 8 rings (SSSR count). The summed E-state index contributed by atoms with van der Waals surface area (Å²) in [6.07, 6.45) is -4.60. The van der Waals surface area contributed by atoms with Crippen LogP contribution in [0.1, 0.15) is 69.4 Å². The summed E-state index contributed by atoms with van der Waals surface area (Å²) in [6, 6.07) is 39.3. The lowest BCUT2D eigenvalue weighted by molar-refractivity contribution is -0.137. The van der Waals surface area contributed by atoms with E-state index in [1.807, 2.05) is 36.4 Å². The van der Waals surface area contributed by atoms with Gasteiger partial charge in [0.15, 0.2) is 0 Å². The second kappa shape index (κ2) is 11.9. The molecular weight excluding hydrogens is 664 g/mol. The van der Waals surface area contributed by atoms with Gasteiger partial charge in [-0.1, -0.05) is 102 Å². The number of benzene rings is 6. The van der Waals surface area contributed by atoms with Gasteiger partial charge < -0.3 is 9.13 Å². The molecule has 6 heteroatoms. The third-order valence-electron chi connectivity index (χ3n) is 10.6. The SMILES string of the molecule is Cc1cccc(C(F)(F)F)c1-c1cc(-n2c3ccccc3c3cc(C(C)(C)C)ccc32)c(C#N)c(-n2c3ccccc3c3cc(C(C)(C)C)ccc32)c1. The molecule has 0 aliphatic carbocycles. The van der Waals surface area contributed by atoms with Crippen molar-refractivity contribution >= 4 is 43.6 Å². The fourth-order valence-corrected chi connectivity index (χ4v) is 7.91. The van der Waals surface area contributed by atoms with Gasteiger partial charge in [0.1, 0.15) is 11.6 Å². The second-order valence-corrected chi connectivity index (χ2v) is 16.2. The van der Waals surface area contributed by atoms with Gasteiger partial charge in [-0.25, -0.2) is 0 Å². The number of fused-ring (bicyclic) bond motifs is 6. The van der Waals surface area contributed by atoms with E-state index in [-0.39, 0.29) is 16.4 Å².